The summed E-state index contributed by atoms with van der Waals surface area (Å²) in [6.07, 6.45) is 1.14. The van der Waals surface area contributed by atoms with E-state index in [1.165, 1.54) is 0 Å². The molecule has 2 aromatic rings. The molecular formula is C15H16N2O2. The predicted octanol–water partition coefficient (Wildman–Crippen LogP) is 2.40. The van der Waals surface area contributed by atoms with Crippen molar-refractivity contribution in [1.29, 1.82) is 0 Å². The minimum Gasteiger partial charge on any atom is -0.273 e. The molecule has 2 aromatic carbocycles. The largest absolute Gasteiger partial charge is 0.273 e. The Bertz CT molecular complexity index is 603. The maximum absolute atomic E-state index is 12.0. The summed E-state index contributed by atoms with van der Waals surface area (Å²) in [5.74, 6) is -0.489. The van der Waals surface area contributed by atoms with Gasteiger partial charge in [-0.15, -0.1) is 0 Å². The van der Waals surface area contributed by atoms with Crippen molar-refractivity contribution in [2.75, 3.05) is 0 Å². The number of hydrazine groups is 1. The zero-order valence-corrected chi connectivity index (χ0v) is 10.8. The highest BCUT2D eigenvalue weighted by Crippen LogP contribution is 2.17. The third-order valence-electron chi connectivity index (χ3n) is 2.83. The molecule has 98 valence electrons. The quantitative estimate of drug-likeness (QED) is 0.828. The van der Waals surface area contributed by atoms with Crippen molar-refractivity contribution in [2.24, 2.45) is 0 Å². The standard InChI is InChI=1S/C15H16N2O2/c1-2-6-14(18)16-17-15(19)13-10-5-8-11-7-3-4-9-12(11)13/h3-5,7-10H,2,6H2,1H3,(H,16,18)(H,17,19). The second kappa shape index (κ2) is 6.00. The Labute approximate surface area is 111 Å². The average Bonchev–Trinajstić information content (AvgIpc) is 2.44. The summed E-state index contributed by atoms with van der Waals surface area (Å²) in [5.41, 5.74) is 5.40. The second-order valence-corrected chi connectivity index (χ2v) is 4.28. The van der Waals surface area contributed by atoms with Gasteiger partial charge in [0.2, 0.25) is 5.91 Å². The zero-order chi connectivity index (χ0) is 13.7. The Kier molecular flexibility index (Phi) is 4.13. The van der Waals surface area contributed by atoms with E-state index in [1.54, 1.807) is 6.07 Å². The van der Waals surface area contributed by atoms with Gasteiger partial charge in [-0.3, -0.25) is 20.4 Å². The van der Waals surface area contributed by atoms with E-state index in [-0.39, 0.29) is 11.8 Å². The molecule has 0 radical (unpaired) electrons. The number of rotatable bonds is 3. The summed E-state index contributed by atoms with van der Waals surface area (Å²) in [5, 5.41) is 1.86. The average molecular weight is 256 g/mol. The molecule has 0 fully saturated rings. The summed E-state index contributed by atoms with van der Waals surface area (Å²) in [4.78, 5) is 23.4. The predicted molar refractivity (Wildman–Crippen MR) is 74.5 cm³/mol. The summed E-state index contributed by atoms with van der Waals surface area (Å²) in [6, 6.07) is 13.2. The molecule has 0 saturated heterocycles. The molecule has 19 heavy (non-hydrogen) atoms. The highest BCUT2D eigenvalue weighted by atomic mass is 16.2. The number of benzene rings is 2. The van der Waals surface area contributed by atoms with E-state index < -0.39 is 0 Å². The highest BCUT2D eigenvalue weighted by molar-refractivity contribution is 6.07. The fourth-order valence-corrected chi connectivity index (χ4v) is 1.91. The van der Waals surface area contributed by atoms with Crippen LogP contribution in [0, 0.1) is 0 Å². The number of carbonyl (C=O) groups is 2. The molecule has 2 rings (SSSR count). The Morgan fingerprint density at radius 3 is 2.53 bits per heavy atom. The maximum atomic E-state index is 12.0. The lowest BCUT2D eigenvalue weighted by molar-refractivity contribution is -0.121. The van der Waals surface area contributed by atoms with Gasteiger partial charge in [0, 0.05) is 12.0 Å². The van der Waals surface area contributed by atoms with Gasteiger partial charge in [-0.2, -0.15) is 0 Å². The topological polar surface area (TPSA) is 58.2 Å². The van der Waals surface area contributed by atoms with E-state index >= 15 is 0 Å². The molecule has 0 aliphatic heterocycles. The summed E-state index contributed by atoms with van der Waals surface area (Å²) in [6.45, 7) is 1.91. The lowest BCUT2D eigenvalue weighted by Gasteiger charge is -2.09. The third kappa shape index (κ3) is 3.10. The van der Waals surface area contributed by atoms with Crippen molar-refractivity contribution >= 4 is 22.6 Å². The maximum Gasteiger partial charge on any atom is 0.270 e. The Balaban J connectivity index is 2.15. The number of carbonyl (C=O) groups excluding carboxylic acids is 2. The van der Waals surface area contributed by atoms with E-state index in [2.05, 4.69) is 10.9 Å². The van der Waals surface area contributed by atoms with E-state index in [0.29, 0.717) is 12.0 Å². The van der Waals surface area contributed by atoms with Crippen LogP contribution >= 0.6 is 0 Å². The molecule has 2 amide bonds. The lowest BCUT2D eigenvalue weighted by atomic mass is 10.0. The van der Waals surface area contributed by atoms with E-state index in [1.807, 2.05) is 43.3 Å². The molecule has 0 bridgehead atoms. The highest BCUT2D eigenvalue weighted by Gasteiger charge is 2.09. The minimum atomic E-state index is -0.304. The van der Waals surface area contributed by atoms with Crippen LogP contribution in [-0.4, -0.2) is 11.8 Å². The van der Waals surface area contributed by atoms with Gasteiger partial charge >= 0.3 is 0 Å². The molecule has 0 aromatic heterocycles. The van der Waals surface area contributed by atoms with Gasteiger partial charge in [-0.1, -0.05) is 43.3 Å². The molecule has 4 nitrogen and oxygen atoms in total. The smallest absolute Gasteiger partial charge is 0.270 e. The molecule has 0 heterocycles. The number of nitrogens with one attached hydrogen (secondary N) is 2. The first-order valence-electron chi connectivity index (χ1n) is 6.29. The van der Waals surface area contributed by atoms with E-state index in [4.69, 9.17) is 0 Å². The molecule has 0 aliphatic carbocycles. The minimum absolute atomic E-state index is 0.184. The summed E-state index contributed by atoms with van der Waals surface area (Å²) >= 11 is 0. The van der Waals surface area contributed by atoms with Gasteiger partial charge in [0.1, 0.15) is 0 Å². The van der Waals surface area contributed by atoms with Gasteiger partial charge in [0.15, 0.2) is 0 Å². The van der Waals surface area contributed by atoms with Crippen molar-refractivity contribution in [3.05, 3.63) is 48.0 Å². The van der Waals surface area contributed by atoms with Crippen LogP contribution in [0.5, 0.6) is 0 Å². The lowest BCUT2D eigenvalue weighted by Crippen LogP contribution is -2.41. The number of hydrogen-bond acceptors (Lipinski definition) is 2. The van der Waals surface area contributed by atoms with Crippen LogP contribution in [0.15, 0.2) is 42.5 Å². The SMILES string of the molecule is CCCC(=O)NNC(=O)c1cccc2ccccc12. The first-order chi connectivity index (χ1) is 9.22. The summed E-state index contributed by atoms with van der Waals surface area (Å²) < 4.78 is 0. The second-order valence-electron chi connectivity index (χ2n) is 4.28. The Morgan fingerprint density at radius 2 is 1.74 bits per heavy atom. The van der Waals surface area contributed by atoms with Crippen LogP contribution in [0.2, 0.25) is 0 Å². The number of amides is 2. The number of hydrogen-bond donors (Lipinski definition) is 2. The van der Waals surface area contributed by atoms with Crippen molar-refractivity contribution in [2.45, 2.75) is 19.8 Å². The van der Waals surface area contributed by atoms with Crippen LogP contribution in [-0.2, 0) is 4.79 Å². The van der Waals surface area contributed by atoms with Crippen LogP contribution in [0.1, 0.15) is 30.1 Å². The van der Waals surface area contributed by atoms with Crippen LogP contribution in [0.4, 0.5) is 0 Å². The molecule has 0 aliphatic rings. The van der Waals surface area contributed by atoms with Gasteiger partial charge in [0.25, 0.3) is 5.91 Å². The Hall–Kier alpha value is -2.36. The molecular weight excluding hydrogens is 240 g/mol. The molecule has 0 atom stereocenters. The first kappa shape index (κ1) is 13.1. The van der Waals surface area contributed by atoms with Gasteiger partial charge in [0.05, 0.1) is 0 Å². The van der Waals surface area contributed by atoms with Crippen molar-refractivity contribution < 1.29 is 9.59 Å². The van der Waals surface area contributed by atoms with Crippen LogP contribution < -0.4 is 10.9 Å². The fraction of sp³-hybridized carbons (Fsp3) is 0.200. The van der Waals surface area contributed by atoms with Crippen LogP contribution in [0.25, 0.3) is 10.8 Å². The zero-order valence-electron chi connectivity index (χ0n) is 10.8. The summed E-state index contributed by atoms with van der Waals surface area (Å²) in [7, 11) is 0. The van der Waals surface area contributed by atoms with Gasteiger partial charge in [-0.05, 0) is 23.3 Å². The molecule has 0 spiro atoms. The number of fused-ring (bicyclic) bond motifs is 1. The van der Waals surface area contributed by atoms with E-state index in [0.717, 1.165) is 17.2 Å². The van der Waals surface area contributed by atoms with Crippen molar-refractivity contribution in [3.63, 3.8) is 0 Å². The Morgan fingerprint density at radius 1 is 1.00 bits per heavy atom. The molecule has 0 unspecified atom stereocenters. The monoisotopic (exact) mass is 256 g/mol. The van der Waals surface area contributed by atoms with Gasteiger partial charge < -0.3 is 0 Å². The van der Waals surface area contributed by atoms with Gasteiger partial charge in [-0.25, -0.2) is 0 Å². The third-order valence-corrected chi connectivity index (χ3v) is 2.83. The molecule has 4 heteroatoms. The normalized spacial score (nSPS) is 10.2. The van der Waals surface area contributed by atoms with Crippen LogP contribution in [0.3, 0.4) is 0 Å². The fourth-order valence-electron chi connectivity index (χ4n) is 1.91. The van der Waals surface area contributed by atoms with Crippen molar-refractivity contribution in [3.8, 4) is 0 Å². The van der Waals surface area contributed by atoms with E-state index in [9.17, 15) is 9.59 Å². The first-order valence-corrected chi connectivity index (χ1v) is 6.29. The van der Waals surface area contributed by atoms with Crippen molar-refractivity contribution in [1.82, 2.24) is 10.9 Å². The molecule has 0 saturated carbocycles. The molecule has 2 N–H and O–H groups in total.